The second kappa shape index (κ2) is 6.81. The van der Waals surface area contributed by atoms with E-state index in [-0.39, 0.29) is 23.9 Å². The fraction of sp³-hybridized carbons (Fsp3) is 0.450. The van der Waals surface area contributed by atoms with E-state index >= 15 is 0 Å². The summed E-state index contributed by atoms with van der Waals surface area (Å²) in [4.78, 5) is 31.0. The van der Waals surface area contributed by atoms with Crippen LogP contribution in [0.2, 0.25) is 0 Å². The average molecular weight is 367 g/mol. The third-order valence-corrected chi connectivity index (χ3v) is 5.66. The van der Waals surface area contributed by atoms with Crippen LogP contribution in [-0.2, 0) is 23.2 Å². The number of piperazine rings is 1. The molecule has 2 aliphatic heterocycles. The van der Waals surface area contributed by atoms with Gasteiger partial charge in [0.25, 0.3) is 0 Å². The van der Waals surface area contributed by atoms with E-state index in [0.29, 0.717) is 6.54 Å². The van der Waals surface area contributed by atoms with E-state index < -0.39 is 0 Å². The van der Waals surface area contributed by atoms with Gasteiger partial charge in [0.2, 0.25) is 11.8 Å². The van der Waals surface area contributed by atoms with Crippen LogP contribution in [0.4, 0.5) is 5.69 Å². The molecule has 7 nitrogen and oxygen atoms in total. The summed E-state index contributed by atoms with van der Waals surface area (Å²) < 4.78 is 1.70. The Labute approximate surface area is 159 Å². The van der Waals surface area contributed by atoms with Crippen LogP contribution >= 0.6 is 0 Å². The predicted molar refractivity (Wildman–Crippen MR) is 102 cm³/mol. The number of hydrogen-bond acceptors (Lipinski definition) is 4. The van der Waals surface area contributed by atoms with E-state index in [0.717, 1.165) is 31.7 Å². The fourth-order valence-electron chi connectivity index (χ4n) is 4.35. The maximum Gasteiger partial charge on any atom is 0.246 e. The molecular weight excluding hydrogens is 342 g/mol. The van der Waals surface area contributed by atoms with Crippen LogP contribution in [-0.4, -0.2) is 63.1 Å². The molecule has 2 amide bonds. The number of likely N-dealkylation sites (tertiary alicyclic amines) is 1. The molecule has 1 spiro atoms. The summed E-state index contributed by atoms with van der Waals surface area (Å²) in [6.45, 7) is 4.74. The Hall–Kier alpha value is -2.67. The smallest absolute Gasteiger partial charge is 0.246 e. The Bertz CT molecular complexity index is 849. The zero-order valence-electron chi connectivity index (χ0n) is 15.8. The van der Waals surface area contributed by atoms with Gasteiger partial charge in [0.05, 0.1) is 24.0 Å². The second-order valence-electron chi connectivity index (χ2n) is 7.63. The van der Waals surface area contributed by atoms with Gasteiger partial charge in [0.15, 0.2) is 0 Å². The molecule has 4 rings (SSSR count). The quantitative estimate of drug-likeness (QED) is 0.819. The largest absolute Gasteiger partial charge is 0.325 e. The third-order valence-electron chi connectivity index (χ3n) is 5.66. The molecule has 0 aliphatic carbocycles. The molecule has 0 radical (unpaired) electrons. The van der Waals surface area contributed by atoms with E-state index in [1.165, 1.54) is 5.56 Å². The van der Waals surface area contributed by atoms with Crippen molar-refractivity contribution in [1.82, 2.24) is 19.6 Å². The molecule has 7 heteroatoms. The molecule has 0 bridgehead atoms. The molecule has 2 aliphatic rings. The highest BCUT2D eigenvalue weighted by Gasteiger charge is 2.50. The first-order chi connectivity index (χ1) is 13.0. The van der Waals surface area contributed by atoms with E-state index in [2.05, 4.69) is 22.1 Å². The summed E-state index contributed by atoms with van der Waals surface area (Å²) in [6.07, 6.45) is 4.43. The molecule has 0 unspecified atom stereocenters. The van der Waals surface area contributed by atoms with Crippen molar-refractivity contribution in [2.75, 3.05) is 31.1 Å². The standard InChI is InChI=1S/C20H25N5O2/c1-16(26)25-13-19(27)24(18-10-21-22(2)12-18)15-20(25)8-9-23(14-20)11-17-6-4-3-5-7-17/h3-7,10,12H,8-9,11,13-15H2,1-2H3/t20-/m0/s1. The lowest BCUT2D eigenvalue weighted by atomic mass is 9.92. The minimum Gasteiger partial charge on any atom is -0.325 e. The van der Waals surface area contributed by atoms with Gasteiger partial charge < -0.3 is 9.80 Å². The molecule has 2 saturated heterocycles. The lowest BCUT2D eigenvalue weighted by Gasteiger charge is -2.48. The first-order valence-corrected chi connectivity index (χ1v) is 9.30. The highest BCUT2D eigenvalue weighted by Crippen LogP contribution is 2.35. The number of hydrogen-bond donors (Lipinski definition) is 0. The second-order valence-corrected chi connectivity index (χ2v) is 7.63. The summed E-state index contributed by atoms with van der Waals surface area (Å²) in [5.41, 5.74) is 1.72. The minimum absolute atomic E-state index is 0.0317. The molecule has 1 aromatic heterocycles. The Kier molecular flexibility index (Phi) is 4.47. The van der Waals surface area contributed by atoms with Gasteiger partial charge in [-0.05, 0) is 12.0 Å². The Morgan fingerprint density at radius 3 is 2.67 bits per heavy atom. The van der Waals surface area contributed by atoms with E-state index in [4.69, 9.17) is 0 Å². The molecule has 1 atom stereocenters. The summed E-state index contributed by atoms with van der Waals surface area (Å²) in [5, 5.41) is 4.20. The number of carbonyl (C=O) groups is 2. The summed E-state index contributed by atoms with van der Waals surface area (Å²) in [5.74, 6) is -0.0823. The van der Waals surface area contributed by atoms with Crippen molar-refractivity contribution in [1.29, 1.82) is 0 Å². The van der Waals surface area contributed by atoms with Crippen molar-refractivity contribution in [3.8, 4) is 0 Å². The van der Waals surface area contributed by atoms with E-state index in [1.807, 2.05) is 31.4 Å². The first kappa shape index (κ1) is 17.7. The van der Waals surface area contributed by atoms with Gasteiger partial charge in [0, 0.05) is 39.8 Å². The normalized spacial score (nSPS) is 23.4. The van der Waals surface area contributed by atoms with Crippen molar-refractivity contribution >= 4 is 17.5 Å². The maximum atomic E-state index is 12.7. The number of aromatic nitrogens is 2. The van der Waals surface area contributed by atoms with Crippen LogP contribution in [0.3, 0.4) is 0 Å². The van der Waals surface area contributed by atoms with Crippen molar-refractivity contribution in [2.24, 2.45) is 7.05 Å². The van der Waals surface area contributed by atoms with Crippen molar-refractivity contribution in [3.63, 3.8) is 0 Å². The Morgan fingerprint density at radius 2 is 2.00 bits per heavy atom. The predicted octanol–water partition coefficient (Wildman–Crippen LogP) is 1.26. The number of carbonyl (C=O) groups excluding carboxylic acids is 2. The molecule has 142 valence electrons. The monoisotopic (exact) mass is 367 g/mol. The molecule has 27 heavy (non-hydrogen) atoms. The molecular formula is C20H25N5O2. The van der Waals surface area contributed by atoms with E-state index in [9.17, 15) is 9.59 Å². The highest BCUT2D eigenvalue weighted by atomic mass is 16.2. The summed E-state index contributed by atoms with van der Waals surface area (Å²) >= 11 is 0. The Balaban J connectivity index is 1.58. The zero-order valence-corrected chi connectivity index (χ0v) is 15.8. The number of nitrogens with zero attached hydrogens (tertiary/aromatic N) is 5. The average Bonchev–Trinajstić information content (AvgIpc) is 3.24. The molecule has 2 fully saturated rings. The van der Waals surface area contributed by atoms with Gasteiger partial charge in [-0.1, -0.05) is 30.3 Å². The van der Waals surface area contributed by atoms with E-state index in [1.54, 1.807) is 27.6 Å². The number of anilines is 1. The van der Waals surface area contributed by atoms with Crippen molar-refractivity contribution < 1.29 is 9.59 Å². The SMILES string of the molecule is CC(=O)N1CC(=O)N(c2cnn(C)c2)C[C@@]12CCN(Cc1ccccc1)C2. The van der Waals surface area contributed by atoms with Gasteiger partial charge >= 0.3 is 0 Å². The lowest BCUT2D eigenvalue weighted by Crippen LogP contribution is -2.66. The molecule has 0 saturated carbocycles. The zero-order chi connectivity index (χ0) is 19.0. The lowest BCUT2D eigenvalue weighted by molar-refractivity contribution is -0.142. The minimum atomic E-state index is -0.343. The third kappa shape index (κ3) is 3.35. The number of aryl methyl sites for hydroxylation is 1. The van der Waals surface area contributed by atoms with Gasteiger partial charge in [-0.15, -0.1) is 0 Å². The summed E-state index contributed by atoms with van der Waals surface area (Å²) in [7, 11) is 1.84. The van der Waals surface area contributed by atoms with Crippen molar-refractivity contribution in [2.45, 2.75) is 25.4 Å². The highest BCUT2D eigenvalue weighted by molar-refractivity contribution is 5.98. The van der Waals surface area contributed by atoms with Crippen LogP contribution in [0.1, 0.15) is 18.9 Å². The van der Waals surface area contributed by atoms with Crippen LogP contribution in [0.25, 0.3) is 0 Å². The molecule has 2 aromatic rings. The van der Waals surface area contributed by atoms with Crippen LogP contribution in [0.5, 0.6) is 0 Å². The van der Waals surface area contributed by atoms with Crippen molar-refractivity contribution in [3.05, 3.63) is 48.3 Å². The molecule has 3 heterocycles. The van der Waals surface area contributed by atoms with Crippen LogP contribution in [0, 0.1) is 0 Å². The topological polar surface area (TPSA) is 61.7 Å². The number of benzene rings is 1. The van der Waals surface area contributed by atoms with Gasteiger partial charge in [0.1, 0.15) is 6.54 Å². The van der Waals surface area contributed by atoms with Crippen LogP contribution < -0.4 is 4.90 Å². The summed E-state index contributed by atoms with van der Waals surface area (Å²) in [6, 6.07) is 10.4. The van der Waals surface area contributed by atoms with Gasteiger partial charge in [-0.25, -0.2) is 0 Å². The fourth-order valence-corrected chi connectivity index (χ4v) is 4.35. The molecule has 0 N–H and O–H groups in total. The maximum absolute atomic E-state index is 12.7. The van der Waals surface area contributed by atoms with Crippen LogP contribution in [0.15, 0.2) is 42.7 Å². The van der Waals surface area contributed by atoms with Gasteiger partial charge in [-0.3, -0.25) is 19.2 Å². The molecule has 1 aromatic carbocycles. The number of rotatable bonds is 3. The number of amides is 2. The Morgan fingerprint density at radius 1 is 1.22 bits per heavy atom. The first-order valence-electron chi connectivity index (χ1n) is 9.30. The van der Waals surface area contributed by atoms with Gasteiger partial charge in [-0.2, -0.15) is 5.10 Å².